The SMILES string of the molecule is CC(C)CNC/C(=C/c1cncc2ccccc12)C(C)C. The minimum atomic E-state index is 0.531. The molecule has 1 N–H and O–H groups in total. The van der Waals surface area contributed by atoms with Gasteiger partial charge in [-0.3, -0.25) is 4.98 Å². The van der Waals surface area contributed by atoms with Crippen molar-refractivity contribution in [2.24, 2.45) is 11.8 Å². The standard InChI is InChI=1S/C19H26N2/c1-14(2)10-20-12-17(15(3)4)9-18-13-21-11-16-7-5-6-8-19(16)18/h5-9,11,13-15,20H,10,12H2,1-4H3/b17-9-. The summed E-state index contributed by atoms with van der Waals surface area (Å²) in [5, 5.41) is 6.02. The van der Waals surface area contributed by atoms with Crippen molar-refractivity contribution in [1.82, 2.24) is 10.3 Å². The van der Waals surface area contributed by atoms with Crippen molar-refractivity contribution in [2.45, 2.75) is 27.7 Å². The van der Waals surface area contributed by atoms with Crippen LogP contribution in [-0.2, 0) is 0 Å². The molecule has 0 aliphatic heterocycles. The van der Waals surface area contributed by atoms with Crippen LogP contribution in [0.15, 0.2) is 42.2 Å². The summed E-state index contributed by atoms with van der Waals surface area (Å²) < 4.78 is 0. The fourth-order valence-electron chi connectivity index (χ4n) is 2.38. The van der Waals surface area contributed by atoms with Gasteiger partial charge in [0, 0.05) is 29.9 Å². The first-order chi connectivity index (χ1) is 10.1. The summed E-state index contributed by atoms with van der Waals surface area (Å²) in [6, 6.07) is 8.44. The van der Waals surface area contributed by atoms with E-state index < -0.39 is 0 Å². The van der Waals surface area contributed by atoms with Crippen LogP contribution in [0.25, 0.3) is 16.8 Å². The van der Waals surface area contributed by atoms with Crippen LogP contribution in [0.5, 0.6) is 0 Å². The number of rotatable bonds is 6. The summed E-state index contributed by atoms with van der Waals surface area (Å²) in [6.45, 7) is 11.0. The molecule has 0 bridgehead atoms. The van der Waals surface area contributed by atoms with Crippen LogP contribution in [0.1, 0.15) is 33.3 Å². The van der Waals surface area contributed by atoms with Gasteiger partial charge in [-0.25, -0.2) is 0 Å². The first kappa shape index (κ1) is 15.7. The lowest BCUT2D eigenvalue weighted by Gasteiger charge is -2.14. The number of hydrogen-bond acceptors (Lipinski definition) is 2. The van der Waals surface area contributed by atoms with Crippen LogP contribution in [0.4, 0.5) is 0 Å². The first-order valence-corrected chi connectivity index (χ1v) is 7.82. The lowest BCUT2D eigenvalue weighted by atomic mass is 9.98. The quantitative estimate of drug-likeness (QED) is 0.842. The van der Waals surface area contributed by atoms with E-state index in [1.165, 1.54) is 21.9 Å². The molecule has 2 rings (SSSR count). The Labute approximate surface area is 128 Å². The van der Waals surface area contributed by atoms with Crippen molar-refractivity contribution in [3.05, 3.63) is 47.8 Å². The molecule has 1 aromatic heterocycles. The number of nitrogens with one attached hydrogen (secondary N) is 1. The van der Waals surface area contributed by atoms with E-state index in [2.05, 4.69) is 68.3 Å². The molecule has 0 fully saturated rings. The summed E-state index contributed by atoms with van der Waals surface area (Å²) in [5.41, 5.74) is 2.64. The average molecular weight is 282 g/mol. The molecular formula is C19H26N2. The van der Waals surface area contributed by atoms with Crippen LogP contribution >= 0.6 is 0 Å². The van der Waals surface area contributed by atoms with Crippen LogP contribution in [-0.4, -0.2) is 18.1 Å². The van der Waals surface area contributed by atoms with Gasteiger partial charge < -0.3 is 5.32 Å². The van der Waals surface area contributed by atoms with Crippen LogP contribution in [0.2, 0.25) is 0 Å². The Bertz CT molecular complexity index is 606. The van der Waals surface area contributed by atoms with Gasteiger partial charge in [0.1, 0.15) is 0 Å². The fraction of sp³-hybridized carbons (Fsp3) is 0.421. The molecule has 112 valence electrons. The zero-order chi connectivity index (χ0) is 15.2. The van der Waals surface area contributed by atoms with Gasteiger partial charge in [0.05, 0.1) is 0 Å². The molecule has 0 atom stereocenters. The van der Waals surface area contributed by atoms with Gasteiger partial charge in [-0.05, 0) is 23.8 Å². The van der Waals surface area contributed by atoms with Gasteiger partial charge in [0.2, 0.25) is 0 Å². The average Bonchev–Trinajstić information content (AvgIpc) is 2.46. The summed E-state index contributed by atoms with van der Waals surface area (Å²) in [5.74, 6) is 1.21. The van der Waals surface area contributed by atoms with E-state index in [0.29, 0.717) is 11.8 Å². The number of pyridine rings is 1. The lowest BCUT2D eigenvalue weighted by molar-refractivity contribution is 0.558. The molecule has 21 heavy (non-hydrogen) atoms. The maximum Gasteiger partial charge on any atom is 0.0346 e. The number of fused-ring (bicyclic) bond motifs is 1. The monoisotopic (exact) mass is 282 g/mol. The molecule has 0 spiro atoms. The van der Waals surface area contributed by atoms with Crippen molar-refractivity contribution in [3.8, 4) is 0 Å². The molecule has 0 aliphatic carbocycles. The van der Waals surface area contributed by atoms with Gasteiger partial charge in [-0.1, -0.05) is 63.6 Å². The third-order valence-electron chi connectivity index (χ3n) is 3.66. The molecule has 0 radical (unpaired) electrons. The highest BCUT2D eigenvalue weighted by atomic mass is 14.9. The van der Waals surface area contributed by atoms with Crippen molar-refractivity contribution in [2.75, 3.05) is 13.1 Å². The molecule has 2 nitrogen and oxygen atoms in total. The molecule has 1 aromatic carbocycles. The molecule has 0 unspecified atom stereocenters. The summed E-state index contributed by atoms with van der Waals surface area (Å²) in [6.07, 6.45) is 6.19. The van der Waals surface area contributed by atoms with E-state index in [9.17, 15) is 0 Å². The second-order valence-electron chi connectivity index (χ2n) is 6.35. The Hall–Kier alpha value is -1.67. The lowest BCUT2D eigenvalue weighted by Crippen LogP contribution is -2.23. The maximum absolute atomic E-state index is 4.37. The second kappa shape index (κ2) is 7.37. The summed E-state index contributed by atoms with van der Waals surface area (Å²) in [4.78, 5) is 4.37. The maximum atomic E-state index is 4.37. The minimum Gasteiger partial charge on any atom is -0.313 e. The highest BCUT2D eigenvalue weighted by molar-refractivity contribution is 5.89. The minimum absolute atomic E-state index is 0.531. The van der Waals surface area contributed by atoms with Gasteiger partial charge in [0.15, 0.2) is 0 Å². The van der Waals surface area contributed by atoms with Crippen LogP contribution in [0.3, 0.4) is 0 Å². The van der Waals surface area contributed by atoms with Crippen molar-refractivity contribution in [1.29, 1.82) is 0 Å². The summed E-state index contributed by atoms with van der Waals surface area (Å²) >= 11 is 0. The Balaban J connectivity index is 2.27. The zero-order valence-electron chi connectivity index (χ0n) is 13.6. The topological polar surface area (TPSA) is 24.9 Å². The second-order valence-corrected chi connectivity index (χ2v) is 6.35. The third kappa shape index (κ3) is 4.40. The predicted molar refractivity (Wildman–Crippen MR) is 92.3 cm³/mol. The molecule has 0 aliphatic rings. The Morgan fingerprint density at radius 3 is 2.62 bits per heavy atom. The predicted octanol–water partition coefficient (Wildman–Crippen LogP) is 4.52. The van der Waals surface area contributed by atoms with Crippen molar-refractivity contribution >= 4 is 16.8 Å². The van der Waals surface area contributed by atoms with Gasteiger partial charge in [0.25, 0.3) is 0 Å². The van der Waals surface area contributed by atoms with E-state index in [-0.39, 0.29) is 0 Å². The smallest absolute Gasteiger partial charge is 0.0346 e. The highest BCUT2D eigenvalue weighted by Crippen LogP contribution is 2.21. The normalized spacial score (nSPS) is 12.6. The summed E-state index contributed by atoms with van der Waals surface area (Å²) in [7, 11) is 0. The van der Waals surface area contributed by atoms with E-state index in [1.54, 1.807) is 0 Å². The van der Waals surface area contributed by atoms with E-state index in [0.717, 1.165) is 13.1 Å². The Kier molecular flexibility index (Phi) is 5.51. The molecule has 1 heterocycles. The largest absolute Gasteiger partial charge is 0.313 e. The molecule has 2 aromatic rings. The van der Waals surface area contributed by atoms with E-state index in [1.807, 2.05) is 12.4 Å². The Morgan fingerprint density at radius 1 is 1.14 bits per heavy atom. The molecule has 0 saturated carbocycles. The number of nitrogens with zero attached hydrogens (tertiary/aromatic N) is 1. The van der Waals surface area contributed by atoms with Gasteiger partial charge >= 0.3 is 0 Å². The number of benzene rings is 1. The van der Waals surface area contributed by atoms with Crippen LogP contribution < -0.4 is 5.32 Å². The molecule has 2 heteroatoms. The first-order valence-electron chi connectivity index (χ1n) is 7.82. The van der Waals surface area contributed by atoms with Crippen molar-refractivity contribution < 1.29 is 0 Å². The zero-order valence-corrected chi connectivity index (χ0v) is 13.6. The number of aromatic nitrogens is 1. The molecule has 0 saturated heterocycles. The van der Waals surface area contributed by atoms with E-state index in [4.69, 9.17) is 0 Å². The molecule has 0 amide bonds. The number of hydrogen-bond donors (Lipinski definition) is 1. The highest BCUT2D eigenvalue weighted by Gasteiger charge is 2.06. The fourth-order valence-corrected chi connectivity index (χ4v) is 2.38. The van der Waals surface area contributed by atoms with Crippen molar-refractivity contribution in [3.63, 3.8) is 0 Å². The van der Waals surface area contributed by atoms with Gasteiger partial charge in [-0.2, -0.15) is 0 Å². The van der Waals surface area contributed by atoms with Crippen LogP contribution in [0, 0.1) is 11.8 Å². The Morgan fingerprint density at radius 2 is 1.90 bits per heavy atom. The third-order valence-corrected chi connectivity index (χ3v) is 3.66. The molecular weight excluding hydrogens is 256 g/mol. The van der Waals surface area contributed by atoms with Gasteiger partial charge in [-0.15, -0.1) is 0 Å². The van der Waals surface area contributed by atoms with E-state index >= 15 is 0 Å².